The molecule has 3 rings (SSSR count). The lowest BCUT2D eigenvalue weighted by molar-refractivity contribution is 0.627. The van der Waals surface area contributed by atoms with Crippen molar-refractivity contribution < 1.29 is 4.39 Å². The van der Waals surface area contributed by atoms with Gasteiger partial charge in [-0.05, 0) is 62.7 Å². The highest BCUT2D eigenvalue weighted by atomic mass is 35.5. The molecule has 2 aromatic carbocycles. The molecular formula is C19H17ClFN3O. The molecule has 1 heterocycles. The number of aromatic nitrogens is 2. The minimum Gasteiger partial charge on any atom is -0.295 e. The number of nitrogens with one attached hydrogen (secondary N) is 1. The molecule has 0 unspecified atom stereocenters. The van der Waals surface area contributed by atoms with Gasteiger partial charge in [-0.2, -0.15) is 0 Å². The SMILES string of the molecule is CC(=Nc1cccc(Cl)c1C)c1c(C)[nH]n(-c2ccc(F)cc2)c1=O. The van der Waals surface area contributed by atoms with E-state index in [1.807, 2.05) is 19.1 Å². The highest BCUT2D eigenvalue weighted by Crippen LogP contribution is 2.26. The highest BCUT2D eigenvalue weighted by Gasteiger charge is 2.15. The molecule has 0 saturated heterocycles. The molecule has 0 atom stereocenters. The number of aliphatic imine (C=N–C) groups is 1. The van der Waals surface area contributed by atoms with Crippen molar-refractivity contribution >= 4 is 23.0 Å². The lowest BCUT2D eigenvalue weighted by Gasteiger charge is -2.04. The van der Waals surface area contributed by atoms with Gasteiger partial charge in [-0.25, -0.2) is 9.07 Å². The molecule has 0 aliphatic carbocycles. The molecule has 25 heavy (non-hydrogen) atoms. The van der Waals surface area contributed by atoms with Crippen LogP contribution in [0.3, 0.4) is 0 Å². The topological polar surface area (TPSA) is 50.1 Å². The van der Waals surface area contributed by atoms with E-state index < -0.39 is 0 Å². The van der Waals surface area contributed by atoms with Crippen LogP contribution in [0, 0.1) is 19.7 Å². The van der Waals surface area contributed by atoms with Crippen molar-refractivity contribution in [1.82, 2.24) is 9.78 Å². The van der Waals surface area contributed by atoms with E-state index in [9.17, 15) is 9.18 Å². The molecule has 0 radical (unpaired) electrons. The fraction of sp³-hybridized carbons (Fsp3) is 0.158. The van der Waals surface area contributed by atoms with Gasteiger partial charge in [0, 0.05) is 10.7 Å². The van der Waals surface area contributed by atoms with Crippen molar-refractivity contribution in [3.05, 3.63) is 80.5 Å². The highest BCUT2D eigenvalue weighted by molar-refractivity contribution is 6.31. The smallest absolute Gasteiger partial charge is 0.280 e. The van der Waals surface area contributed by atoms with E-state index in [2.05, 4.69) is 10.1 Å². The van der Waals surface area contributed by atoms with Gasteiger partial charge in [0.15, 0.2) is 0 Å². The van der Waals surface area contributed by atoms with Crippen molar-refractivity contribution in [1.29, 1.82) is 0 Å². The summed E-state index contributed by atoms with van der Waals surface area (Å²) in [4.78, 5) is 17.4. The maximum Gasteiger partial charge on any atom is 0.280 e. The van der Waals surface area contributed by atoms with E-state index in [0.717, 1.165) is 11.3 Å². The molecule has 1 aromatic heterocycles. The maximum absolute atomic E-state index is 13.1. The lowest BCUT2D eigenvalue weighted by atomic mass is 10.1. The second kappa shape index (κ2) is 6.69. The standard InChI is InChI=1S/C19H17ClFN3O/c1-11-16(20)5-4-6-17(11)22-12(2)18-13(3)23-24(19(18)25)15-9-7-14(21)8-10-15/h4-10,23H,1-3H3. The Bertz CT molecular complexity index is 1020. The third-order valence-electron chi connectivity index (χ3n) is 4.05. The average molecular weight is 358 g/mol. The summed E-state index contributed by atoms with van der Waals surface area (Å²) >= 11 is 6.13. The number of aryl methyl sites for hydroxylation is 1. The van der Waals surface area contributed by atoms with Crippen LogP contribution < -0.4 is 5.56 Å². The van der Waals surface area contributed by atoms with Crippen LogP contribution in [0.25, 0.3) is 5.69 Å². The van der Waals surface area contributed by atoms with Crippen molar-refractivity contribution in [2.75, 3.05) is 0 Å². The zero-order chi connectivity index (χ0) is 18.1. The molecule has 0 amide bonds. The van der Waals surface area contributed by atoms with Crippen LogP contribution in [0.2, 0.25) is 5.02 Å². The number of aromatic amines is 1. The number of rotatable bonds is 3. The molecule has 0 fully saturated rings. The van der Waals surface area contributed by atoms with Crippen LogP contribution >= 0.6 is 11.6 Å². The van der Waals surface area contributed by atoms with Crippen LogP contribution in [0.5, 0.6) is 0 Å². The third kappa shape index (κ3) is 3.28. The maximum atomic E-state index is 13.1. The van der Waals surface area contributed by atoms with Gasteiger partial charge in [0.1, 0.15) is 5.82 Å². The molecule has 0 bridgehead atoms. The number of H-pyrrole nitrogens is 1. The molecule has 0 saturated carbocycles. The van der Waals surface area contributed by atoms with Crippen molar-refractivity contribution in [3.63, 3.8) is 0 Å². The van der Waals surface area contributed by atoms with Gasteiger partial charge in [0.2, 0.25) is 0 Å². The van der Waals surface area contributed by atoms with Gasteiger partial charge < -0.3 is 0 Å². The molecule has 4 nitrogen and oxygen atoms in total. The van der Waals surface area contributed by atoms with Crippen LogP contribution in [0.4, 0.5) is 10.1 Å². The second-order valence-corrected chi connectivity index (χ2v) is 6.22. The van der Waals surface area contributed by atoms with Gasteiger partial charge in [-0.15, -0.1) is 0 Å². The van der Waals surface area contributed by atoms with Crippen LogP contribution in [-0.2, 0) is 0 Å². The summed E-state index contributed by atoms with van der Waals surface area (Å²) in [5, 5.41) is 3.64. The Labute approximate surface area is 149 Å². The predicted molar refractivity (Wildman–Crippen MR) is 99.1 cm³/mol. The summed E-state index contributed by atoms with van der Waals surface area (Å²) in [7, 11) is 0. The van der Waals surface area contributed by atoms with E-state index in [4.69, 9.17) is 11.6 Å². The molecule has 6 heteroatoms. The number of hydrogen-bond donors (Lipinski definition) is 1. The number of benzene rings is 2. The first-order valence-electron chi connectivity index (χ1n) is 7.77. The normalized spacial score (nSPS) is 11.8. The largest absolute Gasteiger partial charge is 0.295 e. The molecule has 3 aromatic rings. The number of halogens is 2. The van der Waals surface area contributed by atoms with E-state index in [1.165, 1.54) is 16.8 Å². The summed E-state index contributed by atoms with van der Waals surface area (Å²) in [6.07, 6.45) is 0. The minimum absolute atomic E-state index is 0.231. The number of nitrogens with zero attached hydrogens (tertiary/aromatic N) is 2. The molecule has 128 valence electrons. The lowest BCUT2D eigenvalue weighted by Crippen LogP contribution is -2.19. The van der Waals surface area contributed by atoms with Gasteiger partial charge >= 0.3 is 0 Å². The second-order valence-electron chi connectivity index (χ2n) is 5.81. The first-order valence-corrected chi connectivity index (χ1v) is 8.14. The molecule has 1 N–H and O–H groups in total. The van der Waals surface area contributed by atoms with Crippen molar-refractivity contribution in [3.8, 4) is 5.69 Å². The van der Waals surface area contributed by atoms with Crippen LogP contribution in [-0.4, -0.2) is 15.5 Å². The summed E-state index contributed by atoms with van der Waals surface area (Å²) in [5.74, 6) is -0.352. The quantitative estimate of drug-likeness (QED) is 0.678. The number of hydrogen-bond acceptors (Lipinski definition) is 2. The fourth-order valence-electron chi connectivity index (χ4n) is 2.70. The Hall–Kier alpha value is -2.66. The Morgan fingerprint density at radius 2 is 1.84 bits per heavy atom. The summed E-state index contributed by atoms with van der Waals surface area (Å²) in [6, 6.07) is 11.2. The third-order valence-corrected chi connectivity index (χ3v) is 4.45. The van der Waals surface area contributed by atoms with E-state index in [-0.39, 0.29) is 11.4 Å². The van der Waals surface area contributed by atoms with Gasteiger partial charge in [-0.3, -0.25) is 14.9 Å². The van der Waals surface area contributed by atoms with Crippen LogP contribution in [0.1, 0.15) is 23.7 Å². The zero-order valence-corrected chi connectivity index (χ0v) is 14.9. The first kappa shape index (κ1) is 17.2. The summed E-state index contributed by atoms with van der Waals surface area (Å²) in [6.45, 7) is 5.47. The van der Waals surface area contributed by atoms with Crippen LogP contribution in [0.15, 0.2) is 52.3 Å². The monoisotopic (exact) mass is 357 g/mol. The van der Waals surface area contributed by atoms with Crippen molar-refractivity contribution in [2.24, 2.45) is 4.99 Å². The Balaban J connectivity index is 2.09. The fourth-order valence-corrected chi connectivity index (χ4v) is 2.87. The zero-order valence-electron chi connectivity index (χ0n) is 14.1. The minimum atomic E-state index is -0.352. The Morgan fingerprint density at radius 3 is 2.52 bits per heavy atom. The van der Waals surface area contributed by atoms with Gasteiger partial charge in [0.25, 0.3) is 5.56 Å². The molecule has 0 aliphatic heterocycles. The average Bonchev–Trinajstić information content (AvgIpc) is 2.87. The van der Waals surface area contributed by atoms with Gasteiger partial charge in [-0.1, -0.05) is 17.7 Å². The summed E-state index contributed by atoms with van der Waals surface area (Å²) in [5.41, 5.74) is 3.68. The van der Waals surface area contributed by atoms with E-state index >= 15 is 0 Å². The first-order chi connectivity index (χ1) is 11.9. The molecular weight excluding hydrogens is 341 g/mol. The van der Waals surface area contributed by atoms with Gasteiger partial charge in [0.05, 0.1) is 22.6 Å². The Kier molecular flexibility index (Phi) is 4.59. The van der Waals surface area contributed by atoms with E-state index in [0.29, 0.717) is 27.7 Å². The molecule has 0 aliphatic rings. The predicted octanol–water partition coefficient (Wildman–Crippen LogP) is 4.72. The summed E-state index contributed by atoms with van der Waals surface area (Å²) < 4.78 is 14.5. The molecule has 0 spiro atoms. The van der Waals surface area contributed by atoms with E-state index in [1.54, 1.807) is 32.0 Å². The van der Waals surface area contributed by atoms with Crippen molar-refractivity contribution in [2.45, 2.75) is 20.8 Å². The Morgan fingerprint density at radius 1 is 1.16 bits per heavy atom.